The lowest BCUT2D eigenvalue weighted by Crippen LogP contribution is -2.48. The SMILES string of the molecule is O=C(c1cc(N2CCOCC2)no1)N1CC[C@@H](O)C[C@@H]1C1CC1. The Morgan fingerprint density at radius 2 is 2.00 bits per heavy atom. The number of amides is 1. The number of anilines is 1. The molecule has 3 aliphatic rings. The van der Waals surface area contributed by atoms with Crippen molar-refractivity contribution in [3.63, 3.8) is 0 Å². The maximum atomic E-state index is 12.8. The maximum absolute atomic E-state index is 12.8. The number of ether oxygens (including phenoxy) is 1. The topological polar surface area (TPSA) is 79.0 Å². The third-order valence-electron chi connectivity index (χ3n) is 5.09. The first-order valence-corrected chi connectivity index (χ1v) is 8.51. The van der Waals surface area contributed by atoms with E-state index in [-0.39, 0.29) is 18.1 Å². The number of rotatable bonds is 3. The van der Waals surface area contributed by atoms with Gasteiger partial charge in [0.05, 0.1) is 19.3 Å². The van der Waals surface area contributed by atoms with Crippen LogP contribution in [0.15, 0.2) is 10.6 Å². The van der Waals surface area contributed by atoms with E-state index in [1.807, 2.05) is 4.90 Å². The number of piperidine rings is 1. The second-order valence-electron chi connectivity index (χ2n) is 6.73. The number of hydrogen-bond acceptors (Lipinski definition) is 6. The Morgan fingerprint density at radius 3 is 2.74 bits per heavy atom. The summed E-state index contributed by atoms with van der Waals surface area (Å²) in [6.07, 6.45) is 3.33. The van der Waals surface area contributed by atoms with E-state index in [1.165, 1.54) is 0 Å². The van der Waals surface area contributed by atoms with Gasteiger partial charge in [-0.1, -0.05) is 5.16 Å². The highest BCUT2D eigenvalue weighted by atomic mass is 16.5. The number of aliphatic hydroxyl groups excluding tert-OH is 1. The van der Waals surface area contributed by atoms with Crippen molar-refractivity contribution in [3.8, 4) is 0 Å². The molecule has 2 aliphatic heterocycles. The van der Waals surface area contributed by atoms with Gasteiger partial charge in [0.15, 0.2) is 5.82 Å². The molecule has 0 aromatic carbocycles. The molecule has 0 spiro atoms. The molecule has 2 atom stereocenters. The van der Waals surface area contributed by atoms with Crippen LogP contribution in [-0.4, -0.2) is 66.1 Å². The van der Waals surface area contributed by atoms with E-state index in [0.29, 0.717) is 50.1 Å². The van der Waals surface area contributed by atoms with Gasteiger partial charge in [-0.2, -0.15) is 0 Å². The summed E-state index contributed by atoms with van der Waals surface area (Å²) in [6, 6.07) is 1.88. The predicted octanol–water partition coefficient (Wildman–Crippen LogP) is 0.887. The lowest BCUT2D eigenvalue weighted by molar-refractivity contribution is 0.0242. The van der Waals surface area contributed by atoms with E-state index in [9.17, 15) is 9.90 Å². The van der Waals surface area contributed by atoms with Gasteiger partial charge >= 0.3 is 0 Å². The summed E-state index contributed by atoms with van der Waals surface area (Å²) in [6.45, 7) is 3.46. The monoisotopic (exact) mass is 321 g/mol. The lowest BCUT2D eigenvalue weighted by Gasteiger charge is -2.37. The molecular weight excluding hydrogens is 298 g/mol. The first-order chi connectivity index (χ1) is 11.2. The molecule has 1 aromatic heterocycles. The van der Waals surface area contributed by atoms with Crippen molar-refractivity contribution in [1.29, 1.82) is 0 Å². The van der Waals surface area contributed by atoms with Crippen molar-refractivity contribution in [2.45, 2.75) is 37.8 Å². The van der Waals surface area contributed by atoms with Crippen LogP contribution in [0.1, 0.15) is 36.2 Å². The van der Waals surface area contributed by atoms with E-state index < -0.39 is 0 Å². The predicted molar refractivity (Wildman–Crippen MR) is 82.3 cm³/mol. The van der Waals surface area contributed by atoms with Crippen molar-refractivity contribution in [1.82, 2.24) is 10.1 Å². The normalized spacial score (nSPS) is 28.9. The van der Waals surface area contributed by atoms with Crippen LogP contribution in [-0.2, 0) is 4.74 Å². The number of nitrogens with zero attached hydrogens (tertiary/aromatic N) is 3. The van der Waals surface area contributed by atoms with Crippen LogP contribution < -0.4 is 4.90 Å². The number of aromatic nitrogens is 1. The molecule has 3 heterocycles. The third-order valence-corrected chi connectivity index (χ3v) is 5.09. The summed E-state index contributed by atoms with van der Waals surface area (Å²) < 4.78 is 10.7. The summed E-state index contributed by atoms with van der Waals surface area (Å²) in [4.78, 5) is 16.8. The maximum Gasteiger partial charge on any atom is 0.292 e. The van der Waals surface area contributed by atoms with E-state index in [2.05, 4.69) is 10.1 Å². The van der Waals surface area contributed by atoms with Crippen molar-refractivity contribution in [2.75, 3.05) is 37.7 Å². The number of aliphatic hydroxyl groups is 1. The summed E-state index contributed by atoms with van der Waals surface area (Å²) in [5, 5.41) is 14.0. The molecule has 3 fully saturated rings. The third kappa shape index (κ3) is 3.07. The molecule has 7 heteroatoms. The van der Waals surface area contributed by atoms with Gasteiger partial charge in [0, 0.05) is 31.7 Å². The number of likely N-dealkylation sites (tertiary alicyclic amines) is 1. The Morgan fingerprint density at radius 1 is 1.22 bits per heavy atom. The smallest absolute Gasteiger partial charge is 0.292 e. The molecule has 4 rings (SSSR count). The summed E-state index contributed by atoms with van der Waals surface area (Å²) in [5.74, 6) is 1.45. The van der Waals surface area contributed by atoms with Crippen molar-refractivity contribution >= 4 is 11.7 Å². The van der Waals surface area contributed by atoms with Gasteiger partial charge in [0.1, 0.15) is 0 Å². The molecule has 1 aromatic rings. The summed E-state index contributed by atoms with van der Waals surface area (Å²) >= 11 is 0. The van der Waals surface area contributed by atoms with Gasteiger partial charge in [-0.05, 0) is 31.6 Å². The summed E-state index contributed by atoms with van der Waals surface area (Å²) in [5.41, 5.74) is 0. The van der Waals surface area contributed by atoms with Gasteiger partial charge in [0.25, 0.3) is 5.91 Å². The van der Waals surface area contributed by atoms with Gasteiger partial charge in [-0.25, -0.2) is 0 Å². The summed E-state index contributed by atoms with van der Waals surface area (Å²) in [7, 11) is 0. The number of hydrogen-bond donors (Lipinski definition) is 1. The minimum absolute atomic E-state index is 0.0965. The highest BCUT2D eigenvalue weighted by Crippen LogP contribution is 2.40. The first-order valence-electron chi connectivity index (χ1n) is 8.51. The minimum Gasteiger partial charge on any atom is -0.393 e. The zero-order valence-electron chi connectivity index (χ0n) is 13.2. The molecule has 0 radical (unpaired) electrons. The largest absolute Gasteiger partial charge is 0.393 e. The molecule has 1 aliphatic carbocycles. The van der Waals surface area contributed by atoms with Crippen LogP contribution in [0.2, 0.25) is 0 Å². The zero-order valence-corrected chi connectivity index (χ0v) is 13.2. The fraction of sp³-hybridized carbons (Fsp3) is 0.750. The molecule has 0 bridgehead atoms. The Kier molecular flexibility index (Phi) is 3.98. The minimum atomic E-state index is -0.289. The highest BCUT2D eigenvalue weighted by Gasteiger charge is 2.42. The molecule has 0 unspecified atom stereocenters. The quantitative estimate of drug-likeness (QED) is 0.890. The van der Waals surface area contributed by atoms with Crippen LogP contribution >= 0.6 is 0 Å². The molecule has 1 saturated carbocycles. The van der Waals surface area contributed by atoms with Crippen LogP contribution in [0.3, 0.4) is 0 Å². The number of carbonyl (C=O) groups is 1. The van der Waals surface area contributed by atoms with Crippen molar-refractivity contribution in [2.24, 2.45) is 5.92 Å². The fourth-order valence-electron chi connectivity index (χ4n) is 3.61. The van der Waals surface area contributed by atoms with Gasteiger partial charge in [-0.15, -0.1) is 0 Å². The van der Waals surface area contributed by atoms with Gasteiger partial charge in [-0.3, -0.25) is 4.79 Å². The standard InChI is InChI=1S/C16H23N3O4/c20-12-3-4-19(13(9-12)11-1-2-11)16(21)14-10-15(17-23-14)18-5-7-22-8-6-18/h10-13,20H,1-9H2/t12-,13-/m1/s1. The fourth-order valence-corrected chi connectivity index (χ4v) is 3.61. The Balaban J connectivity index is 1.48. The highest BCUT2D eigenvalue weighted by molar-refractivity contribution is 5.92. The Hall–Kier alpha value is -1.60. The first kappa shape index (κ1) is 15.0. The Bertz CT molecular complexity index is 565. The van der Waals surface area contributed by atoms with Crippen LogP contribution in [0.25, 0.3) is 0 Å². The number of morpholine rings is 1. The van der Waals surface area contributed by atoms with Crippen LogP contribution in [0, 0.1) is 5.92 Å². The van der Waals surface area contributed by atoms with E-state index in [1.54, 1.807) is 6.07 Å². The molecule has 1 N–H and O–H groups in total. The second-order valence-corrected chi connectivity index (χ2v) is 6.73. The van der Waals surface area contributed by atoms with Crippen molar-refractivity contribution < 1.29 is 19.2 Å². The average Bonchev–Trinajstić information content (AvgIpc) is 3.31. The molecule has 23 heavy (non-hydrogen) atoms. The van der Waals surface area contributed by atoms with Crippen LogP contribution in [0.4, 0.5) is 5.82 Å². The van der Waals surface area contributed by atoms with Crippen molar-refractivity contribution in [3.05, 3.63) is 11.8 Å². The zero-order chi connectivity index (χ0) is 15.8. The lowest BCUT2D eigenvalue weighted by atomic mass is 9.95. The molecular formula is C16H23N3O4. The average molecular weight is 321 g/mol. The molecule has 2 saturated heterocycles. The van der Waals surface area contributed by atoms with Gasteiger partial charge in [0.2, 0.25) is 5.76 Å². The Labute approximate surface area is 135 Å². The number of carbonyl (C=O) groups excluding carboxylic acids is 1. The van der Waals surface area contributed by atoms with Crippen LogP contribution in [0.5, 0.6) is 0 Å². The van der Waals surface area contributed by atoms with E-state index >= 15 is 0 Å². The molecule has 1 amide bonds. The van der Waals surface area contributed by atoms with E-state index in [0.717, 1.165) is 25.9 Å². The van der Waals surface area contributed by atoms with Gasteiger partial charge < -0.3 is 24.2 Å². The molecule has 126 valence electrons. The van der Waals surface area contributed by atoms with E-state index in [4.69, 9.17) is 9.26 Å². The second kappa shape index (κ2) is 6.13. The molecule has 7 nitrogen and oxygen atoms in total.